The van der Waals surface area contributed by atoms with Crippen LogP contribution in [0.5, 0.6) is 0 Å². The first kappa shape index (κ1) is 21.0. The summed E-state index contributed by atoms with van der Waals surface area (Å²) in [6.07, 6.45) is -4.51. The van der Waals surface area contributed by atoms with Crippen LogP contribution in [0.4, 0.5) is 18.0 Å². The van der Waals surface area contributed by atoms with Gasteiger partial charge < -0.3 is 20.3 Å². The highest BCUT2D eigenvalue weighted by molar-refractivity contribution is 5.94. The van der Waals surface area contributed by atoms with Gasteiger partial charge in [0.15, 0.2) is 0 Å². The molecule has 1 atom stereocenters. The fourth-order valence-electron chi connectivity index (χ4n) is 2.98. The van der Waals surface area contributed by atoms with Gasteiger partial charge >= 0.3 is 12.2 Å². The van der Waals surface area contributed by atoms with Crippen molar-refractivity contribution in [3.63, 3.8) is 0 Å². The summed E-state index contributed by atoms with van der Waals surface area (Å²) in [5.74, 6) is -0.501. The molecule has 0 spiro atoms. The second-order valence-corrected chi connectivity index (χ2v) is 7.13. The number of urea groups is 1. The van der Waals surface area contributed by atoms with Crippen LogP contribution in [0.3, 0.4) is 0 Å². The number of halogens is 3. The highest BCUT2D eigenvalue weighted by Crippen LogP contribution is 2.29. The minimum absolute atomic E-state index is 0.0705. The molecule has 1 aromatic carbocycles. The third-order valence-corrected chi connectivity index (χ3v) is 4.02. The van der Waals surface area contributed by atoms with E-state index in [-0.39, 0.29) is 30.8 Å². The molecule has 1 aliphatic rings. The highest BCUT2D eigenvalue weighted by Gasteiger charge is 2.33. The third-order valence-electron chi connectivity index (χ3n) is 4.02. The SMILES string of the molecule is CC1CN(C(=O)NCCNC(=O)c2ccc(C(F)(F)F)cc2)CC(C)(C)O1. The van der Waals surface area contributed by atoms with Crippen molar-refractivity contribution in [2.45, 2.75) is 38.7 Å². The second-order valence-electron chi connectivity index (χ2n) is 7.13. The van der Waals surface area contributed by atoms with E-state index >= 15 is 0 Å². The van der Waals surface area contributed by atoms with Gasteiger partial charge in [-0.2, -0.15) is 13.2 Å². The van der Waals surface area contributed by atoms with Crippen LogP contribution in [0.2, 0.25) is 0 Å². The smallest absolute Gasteiger partial charge is 0.369 e. The van der Waals surface area contributed by atoms with E-state index in [1.807, 2.05) is 20.8 Å². The number of rotatable bonds is 4. The van der Waals surface area contributed by atoms with Crippen LogP contribution in [-0.4, -0.2) is 54.7 Å². The average Bonchev–Trinajstić information content (AvgIpc) is 2.55. The first-order valence-electron chi connectivity index (χ1n) is 8.64. The molecule has 0 aromatic heterocycles. The summed E-state index contributed by atoms with van der Waals surface area (Å²) in [5.41, 5.74) is -1.11. The average molecular weight is 387 g/mol. The summed E-state index contributed by atoms with van der Waals surface area (Å²) < 4.78 is 43.3. The van der Waals surface area contributed by atoms with Crippen LogP contribution in [0, 0.1) is 0 Å². The molecule has 6 nitrogen and oxygen atoms in total. The fraction of sp³-hybridized carbons (Fsp3) is 0.556. The van der Waals surface area contributed by atoms with Crippen LogP contribution in [-0.2, 0) is 10.9 Å². The number of benzene rings is 1. The quantitative estimate of drug-likeness (QED) is 0.781. The molecule has 1 aromatic rings. The zero-order chi connectivity index (χ0) is 20.2. The Hall–Kier alpha value is -2.29. The van der Waals surface area contributed by atoms with E-state index in [4.69, 9.17) is 4.74 Å². The Bertz CT molecular complexity index is 675. The first-order valence-corrected chi connectivity index (χ1v) is 8.64. The Morgan fingerprint density at radius 2 is 1.78 bits per heavy atom. The van der Waals surface area contributed by atoms with Gasteiger partial charge in [0.25, 0.3) is 5.91 Å². The Labute approximate surface area is 156 Å². The number of carbonyl (C=O) groups is 2. The van der Waals surface area contributed by atoms with Crippen molar-refractivity contribution in [2.24, 2.45) is 0 Å². The van der Waals surface area contributed by atoms with E-state index in [0.29, 0.717) is 13.1 Å². The normalized spacial score (nSPS) is 19.5. The molecule has 1 fully saturated rings. The molecule has 1 heterocycles. The molecule has 2 rings (SSSR count). The molecule has 1 unspecified atom stereocenters. The van der Waals surface area contributed by atoms with E-state index in [9.17, 15) is 22.8 Å². The summed E-state index contributed by atoms with van der Waals surface area (Å²) in [4.78, 5) is 25.8. The van der Waals surface area contributed by atoms with Crippen molar-refractivity contribution >= 4 is 11.9 Å². The summed E-state index contributed by atoms with van der Waals surface area (Å²) >= 11 is 0. The number of alkyl halides is 3. The molecule has 3 amide bonds. The molecule has 1 saturated heterocycles. The maximum atomic E-state index is 12.5. The lowest BCUT2D eigenvalue weighted by Gasteiger charge is -2.41. The van der Waals surface area contributed by atoms with Gasteiger partial charge in [-0.25, -0.2) is 4.79 Å². The predicted octanol–water partition coefficient (Wildman–Crippen LogP) is 2.64. The maximum absolute atomic E-state index is 12.5. The van der Waals surface area contributed by atoms with E-state index in [1.54, 1.807) is 4.90 Å². The van der Waals surface area contributed by atoms with Crippen molar-refractivity contribution in [2.75, 3.05) is 26.2 Å². The molecular weight excluding hydrogens is 363 g/mol. The van der Waals surface area contributed by atoms with Gasteiger partial charge in [0.05, 0.1) is 23.8 Å². The molecule has 0 saturated carbocycles. The number of hydrogen-bond acceptors (Lipinski definition) is 3. The van der Waals surface area contributed by atoms with Crippen molar-refractivity contribution < 1.29 is 27.5 Å². The first-order chi connectivity index (χ1) is 12.5. The predicted molar refractivity (Wildman–Crippen MR) is 93.4 cm³/mol. The Kier molecular flexibility index (Phi) is 6.35. The van der Waals surface area contributed by atoms with Crippen LogP contribution >= 0.6 is 0 Å². The zero-order valence-electron chi connectivity index (χ0n) is 15.5. The van der Waals surface area contributed by atoms with Gasteiger partial charge in [-0.15, -0.1) is 0 Å². The molecule has 0 aliphatic carbocycles. The lowest BCUT2D eigenvalue weighted by molar-refractivity contribution is -0.137. The maximum Gasteiger partial charge on any atom is 0.416 e. The summed E-state index contributed by atoms with van der Waals surface area (Å²) in [6.45, 7) is 7.02. The van der Waals surface area contributed by atoms with Crippen LogP contribution in [0.1, 0.15) is 36.7 Å². The lowest BCUT2D eigenvalue weighted by Crippen LogP contribution is -2.56. The van der Waals surface area contributed by atoms with E-state index in [1.165, 1.54) is 0 Å². The Morgan fingerprint density at radius 1 is 1.19 bits per heavy atom. The molecule has 150 valence electrons. The van der Waals surface area contributed by atoms with Gasteiger partial charge in [-0.3, -0.25) is 4.79 Å². The third kappa shape index (κ3) is 6.13. The van der Waals surface area contributed by atoms with Crippen LogP contribution in [0.15, 0.2) is 24.3 Å². The van der Waals surface area contributed by atoms with Gasteiger partial charge in [0.1, 0.15) is 0 Å². The topological polar surface area (TPSA) is 70.7 Å². The number of hydrogen-bond donors (Lipinski definition) is 2. The zero-order valence-corrected chi connectivity index (χ0v) is 15.5. The molecule has 2 N–H and O–H groups in total. The Morgan fingerprint density at radius 3 is 2.33 bits per heavy atom. The van der Waals surface area contributed by atoms with E-state index < -0.39 is 23.2 Å². The lowest BCUT2D eigenvalue weighted by atomic mass is 10.1. The number of nitrogens with zero attached hydrogens (tertiary/aromatic N) is 1. The second kappa shape index (κ2) is 8.16. The van der Waals surface area contributed by atoms with Crippen molar-refractivity contribution in [1.82, 2.24) is 15.5 Å². The number of nitrogens with one attached hydrogen (secondary N) is 2. The minimum Gasteiger partial charge on any atom is -0.369 e. The molecule has 1 aliphatic heterocycles. The van der Waals surface area contributed by atoms with Crippen molar-refractivity contribution in [3.05, 3.63) is 35.4 Å². The van der Waals surface area contributed by atoms with Gasteiger partial charge in [0, 0.05) is 25.2 Å². The summed E-state index contributed by atoms with van der Waals surface area (Å²) in [5, 5.41) is 5.28. The van der Waals surface area contributed by atoms with E-state index in [0.717, 1.165) is 24.3 Å². The highest BCUT2D eigenvalue weighted by atomic mass is 19.4. The van der Waals surface area contributed by atoms with Gasteiger partial charge in [-0.05, 0) is 45.0 Å². The standard InChI is InChI=1S/C18H24F3N3O3/c1-12-10-24(11-17(2,3)27-12)16(26)23-9-8-22-15(25)13-4-6-14(7-5-13)18(19,20)21/h4-7,12H,8-11H2,1-3H3,(H,22,25)(H,23,26). The molecule has 27 heavy (non-hydrogen) atoms. The number of morpholine rings is 1. The van der Waals surface area contributed by atoms with E-state index in [2.05, 4.69) is 10.6 Å². The van der Waals surface area contributed by atoms with Crippen molar-refractivity contribution in [1.29, 1.82) is 0 Å². The van der Waals surface area contributed by atoms with Gasteiger partial charge in [-0.1, -0.05) is 0 Å². The van der Waals surface area contributed by atoms with Crippen LogP contribution in [0.25, 0.3) is 0 Å². The largest absolute Gasteiger partial charge is 0.416 e. The van der Waals surface area contributed by atoms with Crippen molar-refractivity contribution in [3.8, 4) is 0 Å². The molecule has 0 bridgehead atoms. The summed E-state index contributed by atoms with van der Waals surface area (Å²) in [6, 6.07) is 3.71. The fourth-order valence-corrected chi connectivity index (χ4v) is 2.98. The number of amides is 3. The molecule has 0 radical (unpaired) electrons. The number of carbonyl (C=O) groups excluding carboxylic acids is 2. The molecular formula is C18H24F3N3O3. The number of ether oxygens (including phenoxy) is 1. The summed E-state index contributed by atoms with van der Waals surface area (Å²) in [7, 11) is 0. The monoisotopic (exact) mass is 387 g/mol. The Balaban J connectivity index is 1.76. The minimum atomic E-state index is -4.44. The van der Waals surface area contributed by atoms with Crippen LogP contribution < -0.4 is 10.6 Å². The van der Waals surface area contributed by atoms with Gasteiger partial charge in [0.2, 0.25) is 0 Å². The molecule has 9 heteroatoms.